The number of anilines is 1. The molecule has 2 aromatic rings. The maximum absolute atomic E-state index is 11.9. The topological polar surface area (TPSA) is 56.2 Å². The van der Waals surface area contributed by atoms with E-state index in [4.69, 9.17) is 27.9 Å². The van der Waals surface area contributed by atoms with Crippen LogP contribution in [0.2, 0.25) is 10.0 Å². The van der Waals surface area contributed by atoms with Gasteiger partial charge in [-0.15, -0.1) is 0 Å². The first kappa shape index (κ1) is 15.7. The lowest BCUT2D eigenvalue weighted by molar-refractivity contribution is -0.118. The second kappa shape index (κ2) is 6.37. The monoisotopic (exact) mass is 327 g/mol. The molecule has 0 unspecified atom stereocenters. The number of aromatic nitrogens is 2. The van der Waals surface area contributed by atoms with Crippen LogP contribution in [0.4, 0.5) is 5.69 Å². The number of carbonyl (C=O) groups excluding carboxylic acids is 1. The zero-order valence-electron chi connectivity index (χ0n) is 11.9. The van der Waals surface area contributed by atoms with Crippen molar-refractivity contribution < 1.29 is 9.53 Å². The number of nitrogens with zero attached hydrogens (tertiary/aromatic N) is 2. The highest BCUT2D eigenvalue weighted by Gasteiger charge is 2.13. The minimum Gasteiger partial charge on any atom is -0.484 e. The van der Waals surface area contributed by atoms with Crippen molar-refractivity contribution in [2.45, 2.75) is 13.8 Å². The van der Waals surface area contributed by atoms with Crippen molar-refractivity contribution in [2.75, 3.05) is 11.9 Å². The van der Waals surface area contributed by atoms with Crippen LogP contribution in [0, 0.1) is 13.8 Å². The molecule has 2 rings (SSSR count). The lowest BCUT2D eigenvalue weighted by atomic mass is 10.3. The summed E-state index contributed by atoms with van der Waals surface area (Å²) in [4.78, 5) is 11.9. The highest BCUT2D eigenvalue weighted by Crippen LogP contribution is 2.24. The van der Waals surface area contributed by atoms with Gasteiger partial charge in [-0.3, -0.25) is 9.48 Å². The van der Waals surface area contributed by atoms with E-state index in [2.05, 4.69) is 10.4 Å². The van der Waals surface area contributed by atoms with Gasteiger partial charge in [0.1, 0.15) is 5.75 Å². The summed E-state index contributed by atoms with van der Waals surface area (Å²) in [5, 5.41) is 7.93. The molecule has 0 aliphatic heterocycles. The van der Waals surface area contributed by atoms with Crippen molar-refractivity contribution in [2.24, 2.45) is 7.05 Å². The van der Waals surface area contributed by atoms with Gasteiger partial charge in [0.2, 0.25) is 0 Å². The fourth-order valence-corrected chi connectivity index (χ4v) is 2.40. The van der Waals surface area contributed by atoms with Gasteiger partial charge in [0, 0.05) is 17.1 Å². The van der Waals surface area contributed by atoms with Crippen LogP contribution >= 0.6 is 23.2 Å². The Balaban J connectivity index is 1.99. The Kier molecular flexibility index (Phi) is 4.75. The van der Waals surface area contributed by atoms with E-state index in [9.17, 15) is 4.79 Å². The summed E-state index contributed by atoms with van der Waals surface area (Å²) in [6.45, 7) is 3.58. The first-order chi connectivity index (χ1) is 9.86. The fraction of sp³-hybridized carbons (Fsp3) is 0.286. The summed E-state index contributed by atoms with van der Waals surface area (Å²) in [7, 11) is 1.82. The highest BCUT2D eigenvalue weighted by atomic mass is 35.5. The predicted octanol–water partition coefficient (Wildman–Crippen LogP) is 3.36. The second-order valence-electron chi connectivity index (χ2n) is 4.61. The van der Waals surface area contributed by atoms with Crippen LogP contribution in [0.5, 0.6) is 5.75 Å². The number of hydrogen-bond donors (Lipinski definition) is 1. The molecule has 1 heterocycles. The third kappa shape index (κ3) is 3.89. The molecule has 0 aliphatic rings. The molecule has 0 spiro atoms. The standard InChI is InChI=1S/C14H15Cl2N3O2/c1-8-14(9(2)19(3)18-8)17-13(20)7-21-12-5-10(15)4-11(16)6-12/h4-6H,7H2,1-3H3,(H,17,20). The summed E-state index contributed by atoms with van der Waals surface area (Å²) < 4.78 is 7.09. The first-order valence-electron chi connectivity index (χ1n) is 6.25. The van der Waals surface area contributed by atoms with Crippen molar-refractivity contribution in [1.82, 2.24) is 9.78 Å². The third-order valence-electron chi connectivity index (χ3n) is 2.98. The van der Waals surface area contributed by atoms with Crippen molar-refractivity contribution in [1.29, 1.82) is 0 Å². The molecule has 1 aromatic heterocycles. The third-order valence-corrected chi connectivity index (χ3v) is 3.42. The molecule has 0 saturated carbocycles. The van der Waals surface area contributed by atoms with Gasteiger partial charge in [-0.2, -0.15) is 5.10 Å². The van der Waals surface area contributed by atoms with Crippen molar-refractivity contribution in [3.8, 4) is 5.75 Å². The summed E-state index contributed by atoms with van der Waals surface area (Å²) in [5.41, 5.74) is 2.34. The van der Waals surface area contributed by atoms with Crippen LogP contribution in [0.3, 0.4) is 0 Å². The van der Waals surface area contributed by atoms with E-state index in [1.54, 1.807) is 22.9 Å². The smallest absolute Gasteiger partial charge is 0.262 e. The average molecular weight is 328 g/mol. The molecule has 1 aromatic carbocycles. The summed E-state index contributed by atoms with van der Waals surface area (Å²) in [6.07, 6.45) is 0. The number of halogens is 2. The molecule has 0 radical (unpaired) electrons. The van der Waals surface area contributed by atoms with Gasteiger partial charge < -0.3 is 10.1 Å². The van der Waals surface area contributed by atoms with Gasteiger partial charge in [0.25, 0.3) is 5.91 Å². The summed E-state index contributed by atoms with van der Waals surface area (Å²) in [6, 6.07) is 4.79. The Morgan fingerprint density at radius 3 is 2.43 bits per heavy atom. The molecular formula is C14H15Cl2N3O2. The van der Waals surface area contributed by atoms with Crippen molar-refractivity contribution >= 4 is 34.8 Å². The quantitative estimate of drug-likeness (QED) is 0.936. The predicted molar refractivity (Wildman–Crippen MR) is 83.3 cm³/mol. The Bertz CT molecular complexity index is 663. The van der Waals surface area contributed by atoms with E-state index < -0.39 is 0 Å². The van der Waals surface area contributed by atoms with E-state index in [0.717, 1.165) is 11.4 Å². The lowest BCUT2D eigenvalue weighted by Crippen LogP contribution is -2.20. The fourth-order valence-electron chi connectivity index (χ4n) is 1.89. The maximum atomic E-state index is 11.9. The van der Waals surface area contributed by atoms with Crippen LogP contribution in [-0.2, 0) is 11.8 Å². The number of carbonyl (C=O) groups is 1. The molecular weight excluding hydrogens is 313 g/mol. The molecule has 0 fully saturated rings. The Morgan fingerprint density at radius 2 is 1.90 bits per heavy atom. The minimum absolute atomic E-state index is 0.134. The van der Waals surface area contributed by atoms with Crippen LogP contribution in [0.1, 0.15) is 11.4 Å². The Hall–Kier alpha value is -1.72. The second-order valence-corrected chi connectivity index (χ2v) is 5.48. The van der Waals surface area contributed by atoms with Gasteiger partial charge >= 0.3 is 0 Å². The molecule has 0 atom stereocenters. The number of aryl methyl sites for hydroxylation is 2. The van der Waals surface area contributed by atoms with E-state index in [-0.39, 0.29) is 12.5 Å². The van der Waals surface area contributed by atoms with Crippen LogP contribution in [0.25, 0.3) is 0 Å². The zero-order chi connectivity index (χ0) is 15.6. The Morgan fingerprint density at radius 1 is 1.29 bits per heavy atom. The number of ether oxygens (including phenoxy) is 1. The average Bonchev–Trinajstić information content (AvgIpc) is 2.62. The molecule has 0 bridgehead atoms. The van der Waals surface area contributed by atoms with Gasteiger partial charge in [-0.05, 0) is 32.0 Å². The van der Waals surface area contributed by atoms with E-state index in [1.165, 1.54) is 0 Å². The number of benzene rings is 1. The molecule has 7 heteroatoms. The van der Waals surface area contributed by atoms with Gasteiger partial charge in [0.15, 0.2) is 6.61 Å². The molecule has 0 saturated heterocycles. The van der Waals surface area contributed by atoms with Gasteiger partial charge in [0.05, 0.1) is 17.1 Å². The lowest BCUT2D eigenvalue weighted by Gasteiger charge is -2.08. The number of amides is 1. The van der Waals surface area contributed by atoms with E-state index in [0.29, 0.717) is 21.5 Å². The normalized spacial score (nSPS) is 10.5. The molecule has 0 aliphatic carbocycles. The highest BCUT2D eigenvalue weighted by molar-refractivity contribution is 6.34. The molecule has 112 valence electrons. The van der Waals surface area contributed by atoms with Crippen LogP contribution < -0.4 is 10.1 Å². The first-order valence-corrected chi connectivity index (χ1v) is 7.01. The van der Waals surface area contributed by atoms with Crippen LogP contribution in [0.15, 0.2) is 18.2 Å². The summed E-state index contributed by atoms with van der Waals surface area (Å²) >= 11 is 11.7. The molecule has 21 heavy (non-hydrogen) atoms. The van der Waals surface area contributed by atoms with E-state index in [1.807, 2.05) is 20.9 Å². The van der Waals surface area contributed by atoms with E-state index >= 15 is 0 Å². The van der Waals surface area contributed by atoms with Crippen molar-refractivity contribution in [3.05, 3.63) is 39.6 Å². The number of nitrogens with one attached hydrogen (secondary N) is 1. The summed E-state index contributed by atoms with van der Waals surface area (Å²) in [5.74, 6) is 0.174. The number of rotatable bonds is 4. The molecule has 5 nitrogen and oxygen atoms in total. The molecule has 1 amide bonds. The SMILES string of the molecule is Cc1nn(C)c(C)c1NC(=O)COc1cc(Cl)cc(Cl)c1. The Labute approximate surface area is 132 Å². The van der Waals surface area contributed by atoms with Gasteiger partial charge in [-0.1, -0.05) is 23.2 Å². The zero-order valence-corrected chi connectivity index (χ0v) is 13.4. The maximum Gasteiger partial charge on any atom is 0.262 e. The van der Waals surface area contributed by atoms with Crippen LogP contribution in [-0.4, -0.2) is 22.3 Å². The number of hydrogen-bond acceptors (Lipinski definition) is 3. The molecule has 1 N–H and O–H groups in total. The largest absolute Gasteiger partial charge is 0.484 e. The van der Waals surface area contributed by atoms with Crippen molar-refractivity contribution in [3.63, 3.8) is 0 Å². The van der Waals surface area contributed by atoms with Gasteiger partial charge in [-0.25, -0.2) is 0 Å². The minimum atomic E-state index is -0.273.